The van der Waals surface area contributed by atoms with E-state index >= 15 is 0 Å². The summed E-state index contributed by atoms with van der Waals surface area (Å²) in [5.41, 5.74) is 3.54. The fourth-order valence-electron chi connectivity index (χ4n) is 4.15. The second kappa shape index (κ2) is 10.4. The van der Waals surface area contributed by atoms with E-state index in [1.54, 1.807) is 30.9 Å². The number of carbonyl (C=O) groups excluding carboxylic acids is 1. The second-order valence-corrected chi connectivity index (χ2v) is 8.55. The van der Waals surface area contributed by atoms with Gasteiger partial charge in [0.1, 0.15) is 5.75 Å². The molecule has 1 aliphatic rings. The molecule has 1 aromatic carbocycles. The van der Waals surface area contributed by atoms with Crippen LogP contribution in [0.2, 0.25) is 0 Å². The number of hydrogen-bond acceptors (Lipinski definition) is 8. The molecule has 10 heteroatoms. The van der Waals surface area contributed by atoms with Gasteiger partial charge in [0.15, 0.2) is 17.0 Å². The van der Waals surface area contributed by atoms with E-state index in [2.05, 4.69) is 20.6 Å². The van der Waals surface area contributed by atoms with E-state index in [1.807, 2.05) is 33.7 Å². The zero-order valence-corrected chi connectivity index (χ0v) is 19.4. The second-order valence-electron chi connectivity index (χ2n) is 8.55. The largest absolute Gasteiger partial charge is 0.508 e. The predicted molar refractivity (Wildman–Crippen MR) is 133 cm³/mol. The standard InChI is InChI=1S/C25H28N8O2/c34-20-7-5-18(6-8-20)9-11-27-23-22-24(31-25(30-23)28-16-19-3-1-10-26-15-19)33(17-29-22)14-13-32-12-2-4-21(32)35/h1,3,5-8,10,15,17,34H,2,4,9,11-14,16H2,(H2,27,28,30,31). The molecule has 180 valence electrons. The number of benzene rings is 1. The van der Waals surface area contributed by atoms with Crippen molar-refractivity contribution in [3.05, 3.63) is 66.2 Å². The summed E-state index contributed by atoms with van der Waals surface area (Å²) in [4.78, 5) is 32.1. The molecule has 35 heavy (non-hydrogen) atoms. The number of aromatic nitrogens is 5. The first-order valence-corrected chi connectivity index (χ1v) is 11.8. The van der Waals surface area contributed by atoms with Gasteiger partial charge < -0.3 is 25.2 Å². The number of anilines is 2. The number of pyridine rings is 1. The minimum atomic E-state index is 0.208. The molecule has 0 bridgehead atoms. The molecular formula is C25H28N8O2. The van der Waals surface area contributed by atoms with Crippen LogP contribution in [0, 0.1) is 0 Å². The lowest BCUT2D eigenvalue weighted by atomic mass is 10.1. The van der Waals surface area contributed by atoms with Crippen molar-refractivity contribution in [1.82, 2.24) is 29.4 Å². The Bertz CT molecular complexity index is 1290. The molecule has 0 radical (unpaired) electrons. The highest BCUT2D eigenvalue weighted by Crippen LogP contribution is 2.22. The van der Waals surface area contributed by atoms with Gasteiger partial charge in [0.25, 0.3) is 0 Å². The lowest BCUT2D eigenvalue weighted by Gasteiger charge is -2.16. The minimum absolute atomic E-state index is 0.208. The molecule has 0 unspecified atom stereocenters. The van der Waals surface area contributed by atoms with Crippen LogP contribution in [0.15, 0.2) is 55.1 Å². The van der Waals surface area contributed by atoms with Crippen LogP contribution >= 0.6 is 0 Å². The van der Waals surface area contributed by atoms with Crippen LogP contribution in [-0.2, 0) is 24.3 Å². The number of phenolic OH excluding ortho intramolecular Hbond substituents is 1. The number of amides is 1. The van der Waals surface area contributed by atoms with Crippen molar-refractivity contribution in [3.8, 4) is 5.75 Å². The third-order valence-electron chi connectivity index (χ3n) is 6.06. The molecule has 0 atom stereocenters. The van der Waals surface area contributed by atoms with Crippen LogP contribution in [-0.4, -0.2) is 60.1 Å². The van der Waals surface area contributed by atoms with Crippen LogP contribution in [0.25, 0.3) is 11.2 Å². The zero-order chi connectivity index (χ0) is 24.0. The summed E-state index contributed by atoms with van der Waals surface area (Å²) in [6.45, 7) is 3.25. The summed E-state index contributed by atoms with van der Waals surface area (Å²) in [6, 6.07) is 11.1. The molecule has 3 aromatic heterocycles. The van der Waals surface area contributed by atoms with Gasteiger partial charge >= 0.3 is 0 Å². The Morgan fingerprint density at radius 3 is 2.69 bits per heavy atom. The SMILES string of the molecule is O=C1CCCN1CCn1cnc2c(NCCc3ccc(O)cc3)nc(NCc3cccnc3)nc21. The van der Waals surface area contributed by atoms with Crippen molar-refractivity contribution < 1.29 is 9.90 Å². The van der Waals surface area contributed by atoms with Crippen molar-refractivity contribution in [2.75, 3.05) is 30.3 Å². The summed E-state index contributed by atoms with van der Waals surface area (Å²) < 4.78 is 1.98. The zero-order valence-electron chi connectivity index (χ0n) is 19.4. The Labute approximate surface area is 203 Å². The normalized spacial score (nSPS) is 13.5. The molecule has 0 aliphatic carbocycles. The highest BCUT2D eigenvalue weighted by molar-refractivity contribution is 5.84. The molecule has 1 fully saturated rings. The Morgan fingerprint density at radius 2 is 1.91 bits per heavy atom. The molecule has 1 saturated heterocycles. The van der Waals surface area contributed by atoms with Crippen molar-refractivity contribution in [3.63, 3.8) is 0 Å². The van der Waals surface area contributed by atoms with E-state index in [0.717, 1.165) is 30.5 Å². The maximum absolute atomic E-state index is 12.0. The summed E-state index contributed by atoms with van der Waals surface area (Å²) in [7, 11) is 0. The third kappa shape index (κ3) is 5.48. The molecule has 4 heterocycles. The molecule has 0 spiro atoms. The molecule has 1 aliphatic heterocycles. The predicted octanol–water partition coefficient (Wildman–Crippen LogP) is 2.82. The van der Waals surface area contributed by atoms with Gasteiger partial charge in [0.05, 0.1) is 6.33 Å². The van der Waals surface area contributed by atoms with Gasteiger partial charge in [-0.15, -0.1) is 0 Å². The van der Waals surface area contributed by atoms with E-state index in [-0.39, 0.29) is 11.7 Å². The highest BCUT2D eigenvalue weighted by Gasteiger charge is 2.20. The average molecular weight is 473 g/mol. The first-order chi connectivity index (χ1) is 17.2. The third-order valence-corrected chi connectivity index (χ3v) is 6.06. The summed E-state index contributed by atoms with van der Waals surface area (Å²) in [5.74, 6) is 1.61. The monoisotopic (exact) mass is 472 g/mol. The van der Waals surface area contributed by atoms with Crippen LogP contribution in [0.3, 0.4) is 0 Å². The van der Waals surface area contributed by atoms with Gasteiger partial charge in [-0.05, 0) is 42.2 Å². The maximum Gasteiger partial charge on any atom is 0.227 e. The molecule has 10 nitrogen and oxygen atoms in total. The van der Waals surface area contributed by atoms with Crippen LogP contribution in [0.1, 0.15) is 24.0 Å². The Balaban J connectivity index is 1.35. The number of phenols is 1. The van der Waals surface area contributed by atoms with E-state index in [4.69, 9.17) is 9.97 Å². The van der Waals surface area contributed by atoms with E-state index < -0.39 is 0 Å². The molecule has 0 saturated carbocycles. The summed E-state index contributed by atoms with van der Waals surface area (Å²) >= 11 is 0. The number of fused-ring (bicyclic) bond motifs is 1. The van der Waals surface area contributed by atoms with E-state index in [0.29, 0.717) is 55.5 Å². The molecule has 4 aromatic rings. The number of nitrogens with zero attached hydrogens (tertiary/aromatic N) is 6. The van der Waals surface area contributed by atoms with E-state index in [9.17, 15) is 9.90 Å². The Morgan fingerprint density at radius 1 is 1.03 bits per heavy atom. The first kappa shape index (κ1) is 22.6. The van der Waals surface area contributed by atoms with Gasteiger partial charge in [-0.3, -0.25) is 9.78 Å². The number of imidazole rings is 1. The van der Waals surface area contributed by atoms with Gasteiger partial charge in [-0.2, -0.15) is 9.97 Å². The number of carbonyl (C=O) groups is 1. The molecule has 3 N–H and O–H groups in total. The topological polar surface area (TPSA) is 121 Å². The molecule has 5 rings (SSSR count). The van der Waals surface area contributed by atoms with Gasteiger partial charge in [0.2, 0.25) is 11.9 Å². The van der Waals surface area contributed by atoms with Crippen LogP contribution in [0.5, 0.6) is 5.75 Å². The Hall–Kier alpha value is -4.21. The molecule has 1 amide bonds. The number of nitrogens with one attached hydrogen (secondary N) is 2. The van der Waals surface area contributed by atoms with Crippen molar-refractivity contribution in [2.45, 2.75) is 32.4 Å². The minimum Gasteiger partial charge on any atom is -0.508 e. The van der Waals surface area contributed by atoms with Gasteiger partial charge in [-0.25, -0.2) is 4.98 Å². The average Bonchev–Trinajstić information content (AvgIpc) is 3.49. The van der Waals surface area contributed by atoms with Crippen LogP contribution < -0.4 is 10.6 Å². The number of likely N-dealkylation sites (tertiary alicyclic amines) is 1. The lowest BCUT2D eigenvalue weighted by molar-refractivity contribution is -0.127. The maximum atomic E-state index is 12.0. The van der Waals surface area contributed by atoms with E-state index in [1.165, 1.54) is 0 Å². The van der Waals surface area contributed by atoms with Gasteiger partial charge in [0, 0.05) is 51.5 Å². The molecular weight excluding hydrogens is 444 g/mol. The number of rotatable bonds is 10. The van der Waals surface area contributed by atoms with Crippen molar-refractivity contribution >= 4 is 28.8 Å². The van der Waals surface area contributed by atoms with Crippen LogP contribution in [0.4, 0.5) is 11.8 Å². The first-order valence-electron chi connectivity index (χ1n) is 11.8. The number of aromatic hydroxyl groups is 1. The van der Waals surface area contributed by atoms with Crippen molar-refractivity contribution in [1.29, 1.82) is 0 Å². The van der Waals surface area contributed by atoms with Crippen molar-refractivity contribution in [2.24, 2.45) is 0 Å². The number of hydrogen-bond donors (Lipinski definition) is 3. The highest BCUT2D eigenvalue weighted by atomic mass is 16.3. The van der Waals surface area contributed by atoms with Gasteiger partial charge in [-0.1, -0.05) is 18.2 Å². The quantitative estimate of drug-likeness (QED) is 0.322. The fourth-order valence-corrected chi connectivity index (χ4v) is 4.15. The fraction of sp³-hybridized carbons (Fsp3) is 0.320. The summed E-state index contributed by atoms with van der Waals surface area (Å²) in [5, 5.41) is 16.2. The lowest BCUT2D eigenvalue weighted by Crippen LogP contribution is -2.28. The summed E-state index contributed by atoms with van der Waals surface area (Å²) in [6.07, 6.45) is 7.62. The smallest absolute Gasteiger partial charge is 0.227 e. The Kier molecular flexibility index (Phi) is 6.69.